The van der Waals surface area contributed by atoms with Crippen LogP contribution in [-0.2, 0) is 0 Å². The topological polar surface area (TPSA) is 40.3 Å². The Balaban J connectivity index is 1.58. The normalized spacial score (nSPS) is 24.2. The molecule has 2 heterocycles. The van der Waals surface area contributed by atoms with Gasteiger partial charge in [-0.3, -0.25) is 4.90 Å². The third kappa shape index (κ3) is 3.32. The summed E-state index contributed by atoms with van der Waals surface area (Å²) in [4.78, 5) is 8.02. The van der Waals surface area contributed by atoms with Crippen LogP contribution in [0.2, 0.25) is 0 Å². The van der Waals surface area contributed by atoms with Crippen LogP contribution in [0.15, 0.2) is 42.5 Å². The summed E-state index contributed by atoms with van der Waals surface area (Å²) in [5.74, 6) is 0.496. The van der Waals surface area contributed by atoms with Gasteiger partial charge in [0, 0.05) is 37.4 Å². The van der Waals surface area contributed by atoms with Crippen molar-refractivity contribution in [3.05, 3.63) is 65.3 Å². The van der Waals surface area contributed by atoms with E-state index in [1.165, 1.54) is 12.1 Å². The molecule has 1 fully saturated rings. The van der Waals surface area contributed by atoms with Gasteiger partial charge in [-0.05, 0) is 50.2 Å². The molecule has 0 saturated carbocycles. The molecule has 6 heteroatoms. The molecule has 0 radical (unpaired) electrons. The molecular weight excluding hydrogens is 357 g/mol. The molecule has 0 aromatic heterocycles. The Kier molecular flexibility index (Phi) is 4.74. The Morgan fingerprint density at radius 2 is 1.79 bits per heavy atom. The quantitative estimate of drug-likeness (QED) is 0.804. The zero-order chi connectivity index (χ0) is 19.9. The first-order chi connectivity index (χ1) is 13.4. The maximum Gasteiger partial charge on any atom is 0.187 e. The number of nitrogens with zero attached hydrogens (tertiary/aromatic N) is 3. The molecule has 2 aromatic carbocycles. The van der Waals surface area contributed by atoms with Crippen molar-refractivity contribution in [2.45, 2.75) is 31.6 Å². The van der Waals surface area contributed by atoms with Crippen molar-refractivity contribution >= 4 is 11.4 Å². The Morgan fingerprint density at radius 1 is 1.11 bits per heavy atom. The molecule has 2 aromatic rings. The molecule has 5 nitrogen and oxygen atoms in total. The smallest absolute Gasteiger partial charge is 0.187 e. The molecule has 146 valence electrons. The number of benzene rings is 2. The molecular formula is C22H24FN3O2. The van der Waals surface area contributed by atoms with E-state index in [9.17, 15) is 9.50 Å². The highest BCUT2D eigenvalue weighted by Crippen LogP contribution is 2.44. The highest BCUT2D eigenvalue weighted by Gasteiger charge is 2.45. The second kappa shape index (κ2) is 7.08. The minimum Gasteiger partial charge on any atom is -0.485 e. The van der Waals surface area contributed by atoms with Crippen LogP contribution in [0, 0.1) is 12.4 Å². The molecule has 1 saturated heterocycles. The number of anilines is 1. The zero-order valence-corrected chi connectivity index (χ0v) is 16.1. The minimum absolute atomic E-state index is 0.226. The summed E-state index contributed by atoms with van der Waals surface area (Å²) in [6, 6.07) is 11.8. The lowest BCUT2D eigenvalue weighted by molar-refractivity contribution is -0.0941. The van der Waals surface area contributed by atoms with Crippen LogP contribution in [-0.4, -0.2) is 47.9 Å². The van der Waals surface area contributed by atoms with Crippen molar-refractivity contribution in [3.63, 3.8) is 0 Å². The third-order valence-electron chi connectivity index (χ3n) is 5.72. The van der Waals surface area contributed by atoms with E-state index in [4.69, 9.17) is 11.3 Å². The second-order valence-corrected chi connectivity index (χ2v) is 7.93. The van der Waals surface area contributed by atoms with Crippen molar-refractivity contribution < 1.29 is 14.2 Å². The van der Waals surface area contributed by atoms with Crippen molar-refractivity contribution in [2.75, 3.05) is 31.1 Å². The van der Waals surface area contributed by atoms with Gasteiger partial charge in [0.2, 0.25) is 0 Å². The van der Waals surface area contributed by atoms with E-state index in [0.717, 1.165) is 43.2 Å². The van der Waals surface area contributed by atoms with E-state index >= 15 is 0 Å². The Bertz CT molecular complexity index is 899. The third-order valence-corrected chi connectivity index (χ3v) is 5.72. The van der Waals surface area contributed by atoms with Crippen LogP contribution in [0.4, 0.5) is 15.8 Å². The second-order valence-electron chi connectivity index (χ2n) is 7.93. The highest BCUT2D eigenvalue weighted by molar-refractivity contribution is 5.54. The van der Waals surface area contributed by atoms with Crippen molar-refractivity contribution in [2.24, 2.45) is 0 Å². The van der Waals surface area contributed by atoms with Gasteiger partial charge in [-0.2, -0.15) is 0 Å². The van der Waals surface area contributed by atoms with Crippen molar-refractivity contribution in [1.29, 1.82) is 0 Å². The Morgan fingerprint density at radius 3 is 2.43 bits per heavy atom. The van der Waals surface area contributed by atoms with Crippen LogP contribution < -0.4 is 9.64 Å². The highest BCUT2D eigenvalue weighted by atomic mass is 19.1. The average molecular weight is 381 g/mol. The first-order valence-electron chi connectivity index (χ1n) is 9.52. The monoisotopic (exact) mass is 381 g/mol. The minimum atomic E-state index is -0.717. The van der Waals surface area contributed by atoms with Gasteiger partial charge in [0.25, 0.3) is 0 Å². The number of halogens is 1. The average Bonchev–Trinajstić information content (AvgIpc) is 2.69. The molecule has 0 unspecified atom stereocenters. The molecule has 0 spiro atoms. The number of aliphatic hydroxyl groups excluding tert-OH is 1. The maximum atomic E-state index is 13.2. The van der Waals surface area contributed by atoms with Crippen LogP contribution in [0.3, 0.4) is 0 Å². The lowest BCUT2D eigenvalue weighted by Gasteiger charge is -2.48. The maximum absolute atomic E-state index is 13.2. The van der Waals surface area contributed by atoms with Gasteiger partial charge >= 0.3 is 0 Å². The van der Waals surface area contributed by atoms with Gasteiger partial charge in [0.05, 0.1) is 12.6 Å². The molecule has 28 heavy (non-hydrogen) atoms. The van der Waals surface area contributed by atoms with E-state index in [1.807, 2.05) is 26.0 Å². The summed E-state index contributed by atoms with van der Waals surface area (Å²) < 4.78 is 19.2. The van der Waals surface area contributed by atoms with Crippen LogP contribution in [0.5, 0.6) is 5.75 Å². The van der Waals surface area contributed by atoms with Gasteiger partial charge in [-0.15, -0.1) is 0 Å². The van der Waals surface area contributed by atoms with Gasteiger partial charge in [0.1, 0.15) is 23.3 Å². The molecule has 0 aliphatic carbocycles. The number of ether oxygens (including phenoxy) is 1. The molecule has 1 N–H and O–H groups in total. The Hall–Kier alpha value is -2.62. The fraction of sp³-hybridized carbons (Fsp3) is 0.409. The fourth-order valence-corrected chi connectivity index (χ4v) is 4.13. The standard InChI is InChI=1S/C22H24FN3O2/c1-22(2)21(27)20(18-14-16(24-3)6-9-19(18)28-22)26-12-10-25(11-13-26)17-7-4-15(23)5-8-17/h4-9,14,20-21,27H,10-13H2,1-2H3/t20-,21+/m1/s1. The number of hydrogen-bond acceptors (Lipinski definition) is 4. The summed E-state index contributed by atoms with van der Waals surface area (Å²) in [5.41, 5.74) is 1.70. The van der Waals surface area contributed by atoms with E-state index in [1.54, 1.807) is 18.2 Å². The summed E-state index contributed by atoms with van der Waals surface area (Å²) in [5, 5.41) is 11.1. The number of fused-ring (bicyclic) bond motifs is 1. The lowest BCUT2D eigenvalue weighted by Crippen LogP contribution is -2.57. The molecule has 0 bridgehead atoms. The van der Waals surface area contributed by atoms with Gasteiger partial charge in [-0.25, -0.2) is 9.24 Å². The zero-order valence-electron chi connectivity index (χ0n) is 16.1. The number of piperazine rings is 1. The predicted octanol–water partition coefficient (Wildman–Crippen LogP) is 3.77. The van der Waals surface area contributed by atoms with E-state index in [2.05, 4.69) is 14.6 Å². The van der Waals surface area contributed by atoms with Crippen molar-refractivity contribution in [3.8, 4) is 5.75 Å². The number of hydrogen-bond donors (Lipinski definition) is 1. The van der Waals surface area contributed by atoms with Crippen molar-refractivity contribution in [1.82, 2.24) is 4.90 Å². The van der Waals surface area contributed by atoms with Gasteiger partial charge < -0.3 is 14.7 Å². The molecule has 2 aliphatic rings. The van der Waals surface area contributed by atoms with E-state index in [0.29, 0.717) is 5.69 Å². The SMILES string of the molecule is [C-]#[N+]c1ccc2c(c1)[C@@H](N1CCN(c3ccc(F)cc3)CC1)[C@H](O)C(C)(C)O2. The predicted molar refractivity (Wildman–Crippen MR) is 106 cm³/mol. The van der Waals surface area contributed by atoms with E-state index in [-0.39, 0.29) is 11.9 Å². The fourth-order valence-electron chi connectivity index (χ4n) is 4.13. The first-order valence-corrected chi connectivity index (χ1v) is 9.52. The number of aliphatic hydroxyl groups is 1. The molecule has 4 rings (SSSR count). The summed E-state index contributed by atoms with van der Waals surface area (Å²) in [6.07, 6.45) is -0.710. The molecule has 0 amide bonds. The first kappa shape index (κ1) is 18.7. The van der Waals surface area contributed by atoms with Crippen LogP contribution in [0.1, 0.15) is 25.5 Å². The molecule has 2 aliphatic heterocycles. The van der Waals surface area contributed by atoms with Crippen LogP contribution in [0.25, 0.3) is 4.85 Å². The summed E-state index contributed by atoms with van der Waals surface area (Å²) >= 11 is 0. The lowest BCUT2D eigenvalue weighted by atomic mass is 9.85. The summed E-state index contributed by atoms with van der Waals surface area (Å²) in [6.45, 7) is 14.2. The van der Waals surface area contributed by atoms with E-state index < -0.39 is 11.7 Å². The Labute approximate surface area is 164 Å². The summed E-state index contributed by atoms with van der Waals surface area (Å²) in [7, 11) is 0. The number of rotatable bonds is 2. The van der Waals surface area contributed by atoms with Crippen LogP contribution >= 0.6 is 0 Å². The van der Waals surface area contributed by atoms with Gasteiger partial charge in [0.15, 0.2) is 5.69 Å². The largest absolute Gasteiger partial charge is 0.485 e. The molecule has 2 atom stereocenters. The van der Waals surface area contributed by atoms with Gasteiger partial charge in [-0.1, -0.05) is 6.07 Å².